The SMILES string of the molecule is CCCCCCCCCC.Cc1sc(-c2ccc3c(c2)N(C)C(=O)C3)c(Br)c1F.N#CCNC=O. The van der Waals surface area contributed by atoms with Gasteiger partial charge in [0, 0.05) is 17.6 Å². The number of benzene rings is 1. The Morgan fingerprint density at radius 1 is 1.17 bits per heavy atom. The summed E-state index contributed by atoms with van der Waals surface area (Å²) in [6.45, 7) is 6.40. The molecule has 0 saturated carbocycles. The summed E-state index contributed by atoms with van der Waals surface area (Å²) >= 11 is 4.72. The topological polar surface area (TPSA) is 73.2 Å². The van der Waals surface area contributed by atoms with Crippen LogP contribution in [-0.4, -0.2) is 25.9 Å². The minimum atomic E-state index is -0.204. The van der Waals surface area contributed by atoms with Gasteiger partial charge < -0.3 is 10.2 Å². The molecular formula is C27H37BrFN3O2S. The number of rotatable bonds is 10. The first-order valence-electron chi connectivity index (χ1n) is 12.2. The molecule has 1 aliphatic rings. The lowest BCUT2D eigenvalue weighted by Crippen LogP contribution is -2.20. The highest BCUT2D eigenvalue weighted by Gasteiger charge is 2.25. The summed E-state index contributed by atoms with van der Waals surface area (Å²) in [4.78, 5) is 24.1. The Kier molecular flexibility index (Phi) is 15.2. The molecule has 8 heteroatoms. The summed E-state index contributed by atoms with van der Waals surface area (Å²) in [6, 6.07) is 7.58. The van der Waals surface area contributed by atoms with E-state index in [1.165, 1.54) is 62.7 Å². The second kappa shape index (κ2) is 17.2. The number of thiophene rings is 1. The molecule has 0 aliphatic carbocycles. The van der Waals surface area contributed by atoms with Crippen LogP contribution < -0.4 is 10.2 Å². The molecule has 2 aromatic rings. The number of carbonyl (C=O) groups excluding carboxylic acids is 2. The largest absolute Gasteiger partial charge is 0.346 e. The van der Waals surface area contributed by atoms with Crippen LogP contribution in [0.25, 0.3) is 10.4 Å². The maximum atomic E-state index is 13.7. The zero-order chi connectivity index (χ0) is 26.2. The highest BCUT2D eigenvalue weighted by atomic mass is 79.9. The molecule has 3 rings (SSSR count). The van der Waals surface area contributed by atoms with E-state index in [2.05, 4.69) is 35.1 Å². The van der Waals surface area contributed by atoms with Crippen molar-refractivity contribution in [3.63, 3.8) is 0 Å². The highest BCUT2D eigenvalue weighted by Crippen LogP contribution is 2.41. The van der Waals surface area contributed by atoms with Crippen molar-refractivity contribution in [3.05, 3.63) is 38.9 Å². The third-order valence-corrected chi connectivity index (χ3v) is 7.74. The maximum absolute atomic E-state index is 13.7. The van der Waals surface area contributed by atoms with Crippen LogP contribution in [0.15, 0.2) is 22.7 Å². The predicted molar refractivity (Wildman–Crippen MR) is 147 cm³/mol. The molecule has 0 fully saturated rings. The third kappa shape index (κ3) is 10.1. The van der Waals surface area contributed by atoms with Crippen LogP contribution in [0.3, 0.4) is 0 Å². The number of likely N-dealkylation sites (N-methyl/N-ethyl adjacent to an activating group) is 1. The number of carbonyl (C=O) groups is 2. The number of nitrogens with zero attached hydrogens (tertiary/aromatic N) is 2. The molecule has 0 bridgehead atoms. The Balaban J connectivity index is 0.000000323. The molecule has 2 heterocycles. The van der Waals surface area contributed by atoms with Crippen molar-refractivity contribution in [1.29, 1.82) is 5.26 Å². The van der Waals surface area contributed by atoms with Crippen molar-refractivity contribution in [2.24, 2.45) is 0 Å². The van der Waals surface area contributed by atoms with Crippen molar-refractivity contribution in [3.8, 4) is 16.5 Å². The highest BCUT2D eigenvalue weighted by molar-refractivity contribution is 9.10. The van der Waals surface area contributed by atoms with Gasteiger partial charge in [-0.3, -0.25) is 9.59 Å². The number of halogens is 2. The van der Waals surface area contributed by atoms with Gasteiger partial charge in [-0.05, 0) is 40.0 Å². The van der Waals surface area contributed by atoms with Gasteiger partial charge in [-0.2, -0.15) is 5.26 Å². The van der Waals surface area contributed by atoms with Gasteiger partial charge in [0.15, 0.2) is 5.82 Å². The van der Waals surface area contributed by atoms with Gasteiger partial charge in [-0.25, -0.2) is 4.39 Å². The number of hydrogen-bond acceptors (Lipinski definition) is 4. The smallest absolute Gasteiger partial charge is 0.231 e. The summed E-state index contributed by atoms with van der Waals surface area (Å²) in [5.41, 5.74) is 2.88. The molecule has 5 nitrogen and oxygen atoms in total. The number of aryl methyl sites for hydroxylation is 1. The fourth-order valence-electron chi connectivity index (χ4n) is 3.56. The second-order valence-electron chi connectivity index (χ2n) is 8.37. The summed E-state index contributed by atoms with van der Waals surface area (Å²) in [5, 5.41) is 9.88. The van der Waals surface area contributed by atoms with E-state index in [4.69, 9.17) is 5.26 Å². The van der Waals surface area contributed by atoms with Gasteiger partial charge in [0.05, 0.1) is 21.8 Å². The van der Waals surface area contributed by atoms with Crippen LogP contribution in [0.4, 0.5) is 10.1 Å². The fourth-order valence-corrected chi connectivity index (χ4v) is 5.38. The van der Waals surface area contributed by atoms with Crippen molar-refractivity contribution >= 4 is 45.3 Å². The number of unbranched alkanes of at least 4 members (excludes halogenated alkanes) is 7. The molecule has 0 spiro atoms. The first-order chi connectivity index (χ1) is 16.8. The van der Waals surface area contributed by atoms with Crippen molar-refractivity contribution in [2.45, 2.75) is 78.6 Å². The van der Waals surface area contributed by atoms with E-state index in [9.17, 15) is 14.0 Å². The van der Waals surface area contributed by atoms with Gasteiger partial charge in [0.1, 0.15) is 6.54 Å². The van der Waals surface area contributed by atoms with Crippen LogP contribution in [0.5, 0.6) is 0 Å². The van der Waals surface area contributed by atoms with E-state index in [1.54, 1.807) is 24.9 Å². The van der Waals surface area contributed by atoms with Crippen molar-refractivity contribution < 1.29 is 14.0 Å². The Labute approximate surface area is 221 Å². The van der Waals surface area contributed by atoms with Crippen LogP contribution in [0, 0.1) is 24.1 Å². The molecule has 35 heavy (non-hydrogen) atoms. The molecule has 0 saturated heterocycles. The summed E-state index contributed by atoms with van der Waals surface area (Å²) in [5.74, 6) is -0.107. The van der Waals surface area contributed by atoms with E-state index in [1.807, 2.05) is 18.2 Å². The average molecular weight is 567 g/mol. The number of amides is 2. The Morgan fingerprint density at radius 2 is 1.77 bits per heavy atom. The Morgan fingerprint density at radius 3 is 2.23 bits per heavy atom. The standard InChI is InChI=1S/C14H11BrFNOS.C10H22.C3H4N2O/c1-7-13(16)12(15)14(19-7)9-4-3-8-6-11(18)17(2)10(8)5-9;1-3-5-7-9-10-8-6-4-2;4-1-2-5-3-6/h3-5H,6H2,1-2H3;3-10H2,1-2H3;3H,2H2,(H,5,6). The van der Waals surface area contributed by atoms with E-state index >= 15 is 0 Å². The molecule has 0 unspecified atom stereocenters. The first kappa shape index (κ1) is 30.8. The molecule has 192 valence electrons. The van der Waals surface area contributed by atoms with Gasteiger partial charge >= 0.3 is 0 Å². The molecule has 1 N–H and O–H groups in total. The van der Waals surface area contributed by atoms with Gasteiger partial charge in [0.25, 0.3) is 0 Å². The zero-order valence-electron chi connectivity index (χ0n) is 21.3. The van der Waals surface area contributed by atoms with Gasteiger partial charge in [0.2, 0.25) is 12.3 Å². The minimum absolute atomic E-state index is 0.0970. The molecule has 0 radical (unpaired) electrons. The van der Waals surface area contributed by atoms with E-state index in [0.29, 0.717) is 22.2 Å². The number of fused-ring (bicyclic) bond motifs is 1. The molecule has 1 aromatic carbocycles. The third-order valence-electron chi connectivity index (χ3n) is 5.60. The average Bonchev–Trinajstić information content (AvgIpc) is 3.29. The van der Waals surface area contributed by atoms with Gasteiger partial charge in [-0.1, -0.05) is 77.3 Å². The lowest BCUT2D eigenvalue weighted by Gasteiger charge is -2.11. The number of nitriles is 1. The Bertz CT molecular complexity index is 980. The molecule has 2 amide bonds. The normalized spacial score (nSPS) is 11.6. The van der Waals surface area contributed by atoms with E-state index in [0.717, 1.165) is 21.7 Å². The lowest BCUT2D eigenvalue weighted by atomic mass is 10.1. The van der Waals surface area contributed by atoms with Crippen LogP contribution in [0.2, 0.25) is 0 Å². The van der Waals surface area contributed by atoms with Gasteiger partial charge in [-0.15, -0.1) is 11.3 Å². The van der Waals surface area contributed by atoms with Crippen LogP contribution in [-0.2, 0) is 16.0 Å². The lowest BCUT2D eigenvalue weighted by molar-refractivity contribution is -0.117. The summed E-state index contributed by atoms with van der Waals surface area (Å²) < 4.78 is 14.3. The number of anilines is 1. The minimum Gasteiger partial charge on any atom is -0.346 e. The number of hydrogen-bond donors (Lipinski definition) is 1. The van der Waals surface area contributed by atoms with E-state index in [-0.39, 0.29) is 18.3 Å². The molecular weight excluding hydrogens is 529 g/mol. The summed E-state index contributed by atoms with van der Waals surface area (Å²) in [7, 11) is 1.77. The first-order valence-corrected chi connectivity index (χ1v) is 13.8. The quantitative estimate of drug-likeness (QED) is 0.183. The monoisotopic (exact) mass is 565 g/mol. The van der Waals surface area contributed by atoms with Crippen molar-refractivity contribution in [1.82, 2.24) is 5.32 Å². The molecule has 0 atom stereocenters. The molecule has 1 aliphatic heterocycles. The predicted octanol–water partition coefficient (Wildman–Crippen LogP) is 7.55. The maximum Gasteiger partial charge on any atom is 0.231 e. The van der Waals surface area contributed by atoms with Crippen molar-refractivity contribution in [2.75, 3.05) is 18.5 Å². The second-order valence-corrected chi connectivity index (χ2v) is 10.4. The molecule has 1 aromatic heterocycles. The Hall–Kier alpha value is -2.24. The van der Waals surface area contributed by atoms with Crippen LogP contribution in [0.1, 0.15) is 75.7 Å². The van der Waals surface area contributed by atoms with Crippen LogP contribution >= 0.6 is 27.3 Å². The zero-order valence-corrected chi connectivity index (χ0v) is 23.7. The fraction of sp³-hybridized carbons (Fsp3) is 0.519. The summed E-state index contributed by atoms with van der Waals surface area (Å²) in [6.07, 6.45) is 12.4. The van der Waals surface area contributed by atoms with E-state index < -0.39 is 0 Å². The number of nitrogens with one attached hydrogen (secondary N) is 1.